The first-order valence-corrected chi connectivity index (χ1v) is 35.2. The second kappa shape index (κ2) is 46.4. The van der Waals surface area contributed by atoms with E-state index in [1.165, 1.54) is 31.1 Å². The summed E-state index contributed by atoms with van der Waals surface area (Å²) in [7, 11) is 5.88. The number of hydrogen-bond acceptors (Lipinski definition) is 19. The molecular weight excluding hydrogens is 1330 g/mol. The van der Waals surface area contributed by atoms with Crippen molar-refractivity contribution in [3.63, 3.8) is 0 Å². The van der Waals surface area contributed by atoms with E-state index >= 15 is 0 Å². The maximum Gasteiger partial charge on any atom is 0.326 e. The lowest BCUT2D eigenvalue weighted by Crippen LogP contribution is -2.61. The second-order valence-electron chi connectivity index (χ2n) is 26.6. The number of aliphatic carboxylic acids is 1. The molecule has 102 heavy (non-hydrogen) atoms. The number of methoxy groups -OCH3 is 2. The molecule has 2 heterocycles. The van der Waals surface area contributed by atoms with Crippen LogP contribution in [-0.4, -0.2) is 270 Å². The van der Waals surface area contributed by atoms with E-state index in [9.17, 15) is 67.4 Å². The van der Waals surface area contributed by atoms with Gasteiger partial charge in [0.1, 0.15) is 30.2 Å². The maximum atomic E-state index is 14.9. The number of nitrogens with one attached hydrogen (secondary N) is 7. The third-order valence-electron chi connectivity index (χ3n) is 18.0. The van der Waals surface area contributed by atoms with Crippen LogP contribution in [-0.2, 0) is 92.4 Å². The molecule has 11 atom stereocenters. The number of carbonyl (C=O) groups is 13. The Hall–Kier alpha value is -8.17. The molecule has 10 N–H and O–H groups in total. The van der Waals surface area contributed by atoms with Gasteiger partial charge in [-0.2, -0.15) is 0 Å². The van der Waals surface area contributed by atoms with E-state index in [1.807, 2.05) is 19.9 Å². The molecule has 1 aromatic rings. The highest BCUT2D eigenvalue weighted by Gasteiger charge is 2.44. The number of likely N-dealkylation sites (tertiary alicyclic amines) is 1. The number of imide groups is 1. The first kappa shape index (κ1) is 88.0. The lowest BCUT2D eigenvalue weighted by molar-refractivity contribution is -0.149. The molecule has 0 saturated carbocycles. The molecule has 3 rings (SSSR count). The zero-order chi connectivity index (χ0) is 76.2. The average molecular weight is 1440 g/mol. The highest BCUT2D eigenvalue weighted by Crippen LogP contribution is 2.30. The molecule has 2 aliphatic rings. The number of carboxylic acid groups (broad SMARTS) is 1. The third kappa shape index (κ3) is 29.7. The fourth-order valence-corrected chi connectivity index (χ4v) is 12.1. The van der Waals surface area contributed by atoms with E-state index in [2.05, 4.69) is 37.2 Å². The smallest absolute Gasteiger partial charge is 0.326 e. The van der Waals surface area contributed by atoms with Gasteiger partial charge in [0.2, 0.25) is 53.2 Å². The molecule has 0 spiro atoms. The van der Waals surface area contributed by atoms with Gasteiger partial charge in [-0.3, -0.25) is 57.6 Å². The molecule has 32 heteroatoms. The number of nitrogens with two attached hydrogens (primary N) is 1. The minimum Gasteiger partial charge on any atom is -0.480 e. The van der Waals surface area contributed by atoms with Gasteiger partial charge in [-0.1, -0.05) is 99.1 Å². The number of benzene rings is 1. The van der Waals surface area contributed by atoms with Crippen molar-refractivity contribution in [1.29, 1.82) is 0 Å². The molecule has 0 radical (unpaired) electrons. The normalized spacial score (nSPS) is 16.6. The van der Waals surface area contributed by atoms with E-state index in [1.54, 1.807) is 84.7 Å². The van der Waals surface area contributed by atoms with E-state index in [0.29, 0.717) is 25.8 Å². The summed E-state index contributed by atoms with van der Waals surface area (Å²) in [5.74, 6) is -9.62. The van der Waals surface area contributed by atoms with Gasteiger partial charge in [0.05, 0.1) is 96.0 Å². The maximum absolute atomic E-state index is 14.9. The number of amides is 13. The van der Waals surface area contributed by atoms with Gasteiger partial charge in [-0.15, -0.1) is 0 Å². The van der Waals surface area contributed by atoms with Gasteiger partial charge in [0.25, 0.3) is 11.8 Å². The van der Waals surface area contributed by atoms with Gasteiger partial charge in [0.15, 0.2) is 0 Å². The largest absolute Gasteiger partial charge is 0.480 e. The zero-order valence-electron chi connectivity index (χ0n) is 61.8. The number of nitrogens with zero attached hydrogens (tertiary/aromatic N) is 4. The monoisotopic (exact) mass is 1440 g/mol. The topological polar surface area (TPSA) is 421 Å². The Kier molecular flexibility index (Phi) is 40.1. The molecule has 13 amide bonds. The standard InChI is InChI=1S/C70H114N12O20/c1-14-46(8)62(52(97-12)41-57(87)81-30-19-23-51(81)63(98-13)47(9)64(89)76-50(69(94)95)40-48-20-16-15-17-21-48)80(11)68(93)60(44(4)5)78-67(92)61(45(6)7)79(10)58(88)42-74-65(90)49(22-18-28-73-70(71)96)75-66(91)59(43(2)3)77-54(84)27-32-99-34-36-101-38-39-102-37-35-100-33-29-72-53(83)26-31-82-55(85)24-25-56(82)86/h15-17,20-21,24-25,43-47,49-52,59-63H,14,18-19,22-23,26-42H2,1-13H3,(H,72,83)(H,74,90)(H,75,91)(H,76,89)(H,77,84)(H,78,92)(H,94,95)(H3,71,73,96)/t46-,47+,49-,50-,51-,52+,59-,60-,61-,62-,63+/m0/s1. The average Bonchev–Trinajstić information content (AvgIpc) is 1.56. The Balaban J connectivity index is 1.56. The van der Waals surface area contributed by atoms with E-state index in [-0.39, 0.29) is 129 Å². The summed E-state index contributed by atoms with van der Waals surface area (Å²) in [4.78, 5) is 177. The molecular formula is C70H114N12O20. The summed E-state index contributed by atoms with van der Waals surface area (Å²) in [5.41, 5.74) is 5.99. The number of carbonyl (C=O) groups excluding carboxylic acids is 12. The predicted octanol–water partition coefficient (Wildman–Crippen LogP) is 0.421. The van der Waals surface area contributed by atoms with Crippen molar-refractivity contribution in [3.8, 4) is 0 Å². The summed E-state index contributed by atoms with van der Waals surface area (Å²) >= 11 is 0. The first-order valence-electron chi connectivity index (χ1n) is 35.2. The number of primary amides is 1. The number of likely N-dealkylation sites (N-methyl/N-ethyl adjacent to an activating group) is 2. The van der Waals surface area contributed by atoms with Gasteiger partial charge in [-0.25, -0.2) is 9.59 Å². The lowest BCUT2D eigenvalue weighted by atomic mass is 9.89. The van der Waals surface area contributed by atoms with Crippen molar-refractivity contribution >= 4 is 77.0 Å². The van der Waals surface area contributed by atoms with E-state index in [0.717, 1.165) is 22.6 Å². The third-order valence-corrected chi connectivity index (χ3v) is 18.0. The Morgan fingerprint density at radius 1 is 0.637 bits per heavy atom. The Morgan fingerprint density at radius 2 is 1.23 bits per heavy atom. The highest BCUT2D eigenvalue weighted by molar-refractivity contribution is 6.13. The van der Waals surface area contributed by atoms with Crippen LogP contribution in [0.25, 0.3) is 0 Å². The van der Waals surface area contributed by atoms with Crippen molar-refractivity contribution in [2.75, 3.05) is 114 Å². The van der Waals surface area contributed by atoms with Gasteiger partial charge < -0.3 is 91.2 Å². The van der Waals surface area contributed by atoms with Crippen molar-refractivity contribution < 1.29 is 95.9 Å². The Bertz CT molecular complexity index is 2900. The molecule has 1 aromatic carbocycles. The van der Waals surface area contributed by atoms with Crippen LogP contribution in [0.15, 0.2) is 42.5 Å². The molecule has 32 nitrogen and oxygen atoms in total. The van der Waals surface area contributed by atoms with Crippen LogP contribution in [0.1, 0.15) is 119 Å². The van der Waals surface area contributed by atoms with E-state index < -0.39 is 150 Å². The van der Waals surface area contributed by atoms with Crippen molar-refractivity contribution in [3.05, 3.63) is 48.0 Å². The van der Waals surface area contributed by atoms with Crippen LogP contribution in [0.5, 0.6) is 0 Å². The Morgan fingerprint density at radius 3 is 1.77 bits per heavy atom. The minimum absolute atomic E-state index is 0.000400. The van der Waals surface area contributed by atoms with Gasteiger partial charge >= 0.3 is 12.0 Å². The van der Waals surface area contributed by atoms with Crippen molar-refractivity contribution in [2.24, 2.45) is 35.3 Å². The zero-order valence-corrected chi connectivity index (χ0v) is 61.8. The fourth-order valence-electron chi connectivity index (χ4n) is 12.1. The number of carboxylic acids is 1. The number of hydrogen-bond donors (Lipinski definition) is 9. The van der Waals surface area contributed by atoms with Crippen LogP contribution >= 0.6 is 0 Å². The number of rotatable bonds is 50. The first-order chi connectivity index (χ1) is 48.4. The number of urea groups is 1. The van der Waals surface area contributed by atoms with Crippen LogP contribution in [0.4, 0.5) is 4.79 Å². The summed E-state index contributed by atoms with van der Waals surface area (Å²) in [6.45, 7) is 17.6. The molecule has 0 bridgehead atoms. The lowest BCUT2D eigenvalue weighted by Gasteiger charge is -2.41. The molecule has 574 valence electrons. The van der Waals surface area contributed by atoms with Crippen molar-refractivity contribution in [1.82, 2.24) is 56.8 Å². The molecule has 2 aliphatic heterocycles. The van der Waals surface area contributed by atoms with E-state index in [4.69, 9.17) is 34.2 Å². The molecule has 1 fully saturated rings. The van der Waals surface area contributed by atoms with Crippen molar-refractivity contribution in [2.45, 2.75) is 175 Å². The van der Waals surface area contributed by atoms with Crippen LogP contribution < -0.4 is 43.0 Å². The van der Waals surface area contributed by atoms with Crippen LogP contribution in [0.2, 0.25) is 0 Å². The van der Waals surface area contributed by atoms with Crippen LogP contribution in [0, 0.1) is 29.6 Å². The summed E-state index contributed by atoms with van der Waals surface area (Å²) < 4.78 is 34.0. The molecule has 0 aliphatic carbocycles. The van der Waals surface area contributed by atoms with Crippen LogP contribution in [0.3, 0.4) is 0 Å². The second-order valence-corrected chi connectivity index (χ2v) is 26.6. The highest BCUT2D eigenvalue weighted by atomic mass is 16.6. The quantitative estimate of drug-likeness (QED) is 0.0315. The fraction of sp³-hybridized carbons (Fsp3) is 0.700. The Labute approximate surface area is 599 Å². The minimum atomic E-state index is -1.27. The molecule has 0 aromatic heterocycles. The SMILES string of the molecule is CC[C@H](C)[C@@H]([C@@H](CC(=O)N1CCC[C@H]1[C@H](OC)[C@@H](C)C(=O)N[C@@H](Cc1ccccc1)C(=O)O)OC)N(C)C(=O)[C@@H](NC(=O)[C@H](C(C)C)N(C)C(=O)CNC(=O)[C@H](CCCNC(N)=O)NC(=O)[C@@H](NC(=O)CCOCCOCCOCCOCCNC(=O)CCN1C(=O)C=CC1=O)C(C)C)C(C)C. The summed E-state index contributed by atoms with van der Waals surface area (Å²) in [5, 5.41) is 28.6. The number of ether oxygens (including phenoxy) is 6. The molecule has 1 saturated heterocycles. The van der Waals surface area contributed by atoms with Gasteiger partial charge in [-0.05, 0) is 54.9 Å². The molecule has 0 unspecified atom stereocenters. The summed E-state index contributed by atoms with van der Waals surface area (Å²) in [6, 6.07) is 1.01. The predicted molar refractivity (Wildman–Crippen MR) is 374 cm³/mol. The van der Waals surface area contributed by atoms with Gasteiger partial charge in [0, 0.05) is 85.9 Å². The summed E-state index contributed by atoms with van der Waals surface area (Å²) in [6.07, 6.45) is 2.27.